The van der Waals surface area contributed by atoms with Crippen LogP contribution in [0, 0.1) is 5.92 Å². The van der Waals surface area contributed by atoms with Gasteiger partial charge in [-0.2, -0.15) is 0 Å². The molecule has 6 rings (SSSR count). The molecule has 1 unspecified atom stereocenters. The molecule has 0 bridgehead atoms. The number of halogens is 1. The summed E-state index contributed by atoms with van der Waals surface area (Å²) in [6.07, 6.45) is 7.65. The maximum atomic E-state index is 6.19. The number of aryl methyl sites for hydroxylation is 1. The van der Waals surface area contributed by atoms with Gasteiger partial charge in [0.15, 0.2) is 0 Å². The van der Waals surface area contributed by atoms with E-state index in [2.05, 4.69) is 95.9 Å². The number of rotatable bonds is 7. The zero-order valence-electron chi connectivity index (χ0n) is 21.6. The highest BCUT2D eigenvalue weighted by molar-refractivity contribution is 5.85. The normalized spacial score (nSPS) is 18.2. The van der Waals surface area contributed by atoms with E-state index >= 15 is 0 Å². The summed E-state index contributed by atoms with van der Waals surface area (Å²) in [6, 6.07) is 33.0. The monoisotopic (exact) mass is 511 g/mol. The van der Waals surface area contributed by atoms with E-state index in [9.17, 15) is 0 Å². The van der Waals surface area contributed by atoms with Gasteiger partial charge in [-0.3, -0.25) is 0 Å². The zero-order valence-corrected chi connectivity index (χ0v) is 22.5. The lowest BCUT2D eigenvalue weighted by Crippen LogP contribution is -2.34. The number of likely N-dealkylation sites (tertiary alicyclic amines) is 1. The Bertz CT molecular complexity index is 1300. The van der Waals surface area contributed by atoms with E-state index < -0.39 is 0 Å². The Kier molecular flexibility index (Phi) is 8.48. The van der Waals surface area contributed by atoms with Crippen LogP contribution in [-0.2, 0) is 19.4 Å². The smallest absolute Gasteiger partial charge is 0.120 e. The molecule has 1 aliphatic carbocycles. The van der Waals surface area contributed by atoms with Gasteiger partial charge in [-0.15, -0.1) is 12.4 Å². The SMILES string of the molecule is Cl.c1ccc(C2CCN(CCC3CCc4cc(OCc5ccc6ccccc6c5)ccc4C3)CC2)cc1. The topological polar surface area (TPSA) is 12.5 Å². The van der Waals surface area contributed by atoms with Crippen molar-refractivity contribution in [2.75, 3.05) is 19.6 Å². The fourth-order valence-corrected chi connectivity index (χ4v) is 6.22. The van der Waals surface area contributed by atoms with Crippen LogP contribution in [0.4, 0.5) is 0 Å². The molecular formula is C34H38ClNO. The van der Waals surface area contributed by atoms with Crippen LogP contribution < -0.4 is 4.74 Å². The summed E-state index contributed by atoms with van der Waals surface area (Å²) >= 11 is 0. The van der Waals surface area contributed by atoms with Crippen molar-refractivity contribution in [1.29, 1.82) is 0 Å². The molecule has 1 saturated heterocycles. The Hall–Kier alpha value is -2.81. The van der Waals surface area contributed by atoms with Gasteiger partial charge in [0.05, 0.1) is 0 Å². The zero-order chi connectivity index (χ0) is 24.2. The minimum Gasteiger partial charge on any atom is -0.489 e. The predicted octanol–water partition coefficient (Wildman–Crippen LogP) is 8.22. The highest BCUT2D eigenvalue weighted by atomic mass is 35.5. The number of fused-ring (bicyclic) bond motifs is 2. The summed E-state index contributed by atoms with van der Waals surface area (Å²) in [5, 5.41) is 2.55. The standard InChI is InChI=1S/C34H37NO.ClH/c1-2-6-28(7-3-1)30-17-20-35(21-18-30)19-16-26-10-13-33-24-34(15-14-32(33)22-26)36-25-27-11-12-29-8-4-5-9-31(29)23-27;/h1-9,11-12,14-15,23-24,26,30H,10,13,16-22,25H2;1H. The number of hydrogen-bond donors (Lipinski definition) is 0. The van der Waals surface area contributed by atoms with E-state index in [1.807, 2.05) is 0 Å². The third-order valence-electron chi connectivity index (χ3n) is 8.44. The second-order valence-electron chi connectivity index (χ2n) is 10.8. The van der Waals surface area contributed by atoms with Gasteiger partial charge in [-0.1, -0.05) is 72.8 Å². The number of nitrogens with zero attached hydrogens (tertiary/aromatic N) is 1. The van der Waals surface area contributed by atoms with E-state index in [4.69, 9.17) is 4.74 Å². The van der Waals surface area contributed by atoms with Crippen molar-refractivity contribution >= 4 is 23.2 Å². The molecule has 0 spiro atoms. The van der Waals surface area contributed by atoms with Gasteiger partial charge >= 0.3 is 0 Å². The molecule has 37 heavy (non-hydrogen) atoms. The van der Waals surface area contributed by atoms with Gasteiger partial charge in [-0.25, -0.2) is 0 Å². The molecule has 0 saturated carbocycles. The Morgan fingerprint density at radius 3 is 2.35 bits per heavy atom. The lowest BCUT2D eigenvalue weighted by Gasteiger charge is -2.34. The van der Waals surface area contributed by atoms with Gasteiger partial charge in [-0.05, 0) is 121 Å². The van der Waals surface area contributed by atoms with E-state index in [1.54, 1.807) is 0 Å². The summed E-state index contributed by atoms with van der Waals surface area (Å²) in [5.41, 5.74) is 5.78. The van der Waals surface area contributed by atoms with E-state index in [-0.39, 0.29) is 12.4 Å². The first-order valence-electron chi connectivity index (χ1n) is 13.8. The van der Waals surface area contributed by atoms with Crippen LogP contribution in [0.15, 0.2) is 91.0 Å². The number of benzene rings is 4. The fourth-order valence-electron chi connectivity index (χ4n) is 6.22. The summed E-state index contributed by atoms with van der Waals surface area (Å²) in [6.45, 7) is 4.38. The summed E-state index contributed by atoms with van der Waals surface area (Å²) < 4.78 is 6.19. The maximum absolute atomic E-state index is 6.19. The van der Waals surface area contributed by atoms with Crippen LogP contribution in [-0.4, -0.2) is 24.5 Å². The van der Waals surface area contributed by atoms with Crippen molar-refractivity contribution in [3.05, 3.63) is 113 Å². The van der Waals surface area contributed by atoms with Crippen LogP contribution in [0.1, 0.15) is 53.9 Å². The Balaban J connectivity index is 0.00000280. The third-order valence-corrected chi connectivity index (χ3v) is 8.44. The van der Waals surface area contributed by atoms with Crippen LogP contribution in [0.3, 0.4) is 0 Å². The molecule has 0 N–H and O–H groups in total. The Labute approximate surface area is 228 Å². The molecule has 4 aromatic rings. The first kappa shape index (κ1) is 25.8. The fraction of sp³-hybridized carbons (Fsp3) is 0.353. The molecule has 1 fully saturated rings. The van der Waals surface area contributed by atoms with Crippen LogP contribution >= 0.6 is 12.4 Å². The molecule has 1 aliphatic heterocycles. The van der Waals surface area contributed by atoms with Crippen molar-refractivity contribution in [2.24, 2.45) is 5.92 Å². The quantitative estimate of drug-likeness (QED) is 0.248. The van der Waals surface area contributed by atoms with Crippen LogP contribution in [0.25, 0.3) is 10.8 Å². The van der Waals surface area contributed by atoms with Crippen molar-refractivity contribution in [3.63, 3.8) is 0 Å². The second-order valence-corrected chi connectivity index (χ2v) is 10.8. The maximum Gasteiger partial charge on any atom is 0.120 e. The number of ether oxygens (including phenoxy) is 1. The molecule has 3 heteroatoms. The Morgan fingerprint density at radius 2 is 1.51 bits per heavy atom. The van der Waals surface area contributed by atoms with E-state index in [0.29, 0.717) is 6.61 Å². The molecule has 4 aromatic carbocycles. The molecule has 0 amide bonds. The highest BCUT2D eigenvalue weighted by Gasteiger charge is 2.23. The van der Waals surface area contributed by atoms with Gasteiger partial charge in [0.2, 0.25) is 0 Å². The van der Waals surface area contributed by atoms with E-state index in [0.717, 1.165) is 17.6 Å². The Morgan fingerprint density at radius 1 is 0.730 bits per heavy atom. The molecule has 192 valence electrons. The lowest BCUT2D eigenvalue weighted by molar-refractivity contribution is 0.195. The average molecular weight is 512 g/mol. The van der Waals surface area contributed by atoms with Gasteiger partial charge in [0.25, 0.3) is 0 Å². The molecule has 0 radical (unpaired) electrons. The molecule has 2 nitrogen and oxygen atoms in total. The molecule has 2 aliphatic rings. The summed E-state index contributed by atoms with van der Waals surface area (Å²) in [4.78, 5) is 2.71. The largest absolute Gasteiger partial charge is 0.489 e. The third kappa shape index (κ3) is 6.37. The number of piperidine rings is 1. The van der Waals surface area contributed by atoms with Gasteiger partial charge in [0.1, 0.15) is 12.4 Å². The summed E-state index contributed by atoms with van der Waals surface area (Å²) in [7, 11) is 0. The van der Waals surface area contributed by atoms with Gasteiger partial charge in [0, 0.05) is 0 Å². The first-order valence-corrected chi connectivity index (χ1v) is 13.8. The molecule has 0 aromatic heterocycles. The lowest BCUT2D eigenvalue weighted by atomic mass is 9.82. The second kappa shape index (κ2) is 12.2. The highest BCUT2D eigenvalue weighted by Crippen LogP contribution is 2.32. The van der Waals surface area contributed by atoms with Gasteiger partial charge < -0.3 is 9.64 Å². The molecule has 1 heterocycles. The van der Waals surface area contributed by atoms with Crippen LogP contribution in [0.2, 0.25) is 0 Å². The van der Waals surface area contributed by atoms with Crippen LogP contribution in [0.5, 0.6) is 5.75 Å². The molecular weight excluding hydrogens is 474 g/mol. The minimum atomic E-state index is 0. The number of hydrogen-bond acceptors (Lipinski definition) is 2. The first-order chi connectivity index (χ1) is 17.8. The minimum absolute atomic E-state index is 0. The van der Waals surface area contributed by atoms with Crippen molar-refractivity contribution in [1.82, 2.24) is 4.90 Å². The van der Waals surface area contributed by atoms with Crippen molar-refractivity contribution < 1.29 is 4.74 Å². The summed E-state index contributed by atoms with van der Waals surface area (Å²) in [5.74, 6) is 2.57. The van der Waals surface area contributed by atoms with Crippen molar-refractivity contribution in [3.8, 4) is 5.75 Å². The molecule has 1 atom stereocenters. The average Bonchev–Trinajstić information content (AvgIpc) is 2.95. The van der Waals surface area contributed by atoms with E-state index in [1.165, 1.54) is 91.2 Å². The predicted molar refractivity (Wildman–Crippen MR) is 157 cm³/mol. The van der Waals surface area contributed by atoms with Crippen molar-refractivity contribution in [2.45, 2.75) is 51.0 Å².